The molecule has 4 aliphatic rings. The van der Waals surface area contributed by atoms with Crippen molar-refractivity contribution >= 4 is 0 Å². The molecular weight excluding hydrogens is 208 g/mol. The van der Waals surface area contributed by atoms with E-state index in [4.69, 9.17) is 0 Å². The zero-order valence-electron chi connectivity index (χ0n) is 10.8. The minimum atomic E-state index is -0.000874. The Labute approximate surface area is 104 Å². The van der Waals surface area contributed by atoms with E-state index in [2.05, 4.69) is 19.1 Å². The van der Waals surface area contributed by atoms with Crippen LogP contribution in [0.5, 0.6) is 0 Å². The Morgan fingerprint density at radius 2 is 1.88 bits per heavy atom. The van der Waals surface area contributed by atoms with Gasteiger partial charge in [0.25, 0.3) is 0 Å². The van der Waals surface area contributed by atoms with Crippen LogP contribution >= 0.6 is 0 Å². The van der Waals surface area contributed by atoms with Crippen LogP contribution in [0.2, 0.25) is 0 Å². The zero-order valence-corrected chi connectivity index (χ0v) is 10.8. The minimum Gasteiger partial charge on any atom is -0.393 e. The van der Waals surface area contributed by atoms with Crippen molar-refractivity contribution in [2.24, 2.45) is 41.4 Å². The molecule has 8 unspecified atom stereocenters. The summed E-state index contributed by atoms with van der Waals surface area (Å²) in [5, 5.41) is 10.3. The Kier molecular flexibility index (Phi) is 2.25. The van der Waals surface area contributed by atoms with E-state index in [1.54, 1.807) is 0 Å². The van der Waals surface area contributed by atoms with Crippen LogP contribution in [-0.2, 0) is 0 Å². The van der Waals surface area contributed by atoms with Gasteiger partial charge in [0.2, 0.25) is 0 Å². The van der Waals surface area contributed by atoms with Gasteiger partial charge in [0, 0.05) is 0 Å². The largest absolute Gasteiger partial charge is 0.393 e. The summed E-state index contributed by atoms with van der Waals surface area (Å²) in [6.45, 7) is 2.19. The summed E-state index contributed by atoms with van der Waals surface area (Å²) >= 11 is 0. The summed E-state index contributed by atoms with van der Waals surface area (Å²) in [7, 11) is 0. The topological polar surface area (TPSA) is 20.2 Å². The first kappa shape index (κ1) is 10.6. The lowest BCUT2D eigenvalue weighted by Crippen LogP contribution is -2.36. The highest BCUT2D eigenvalue weighted by atomic mass is 16.3. The standard InChI is InChI=1S/C16H24O/c1-2-3-14(17)12-7-11-8-13(12)16-10-5-4-9(6-10)15(11)16/h4-5,9-17H,2-3,6-8H2,1H3. The Balaban J connectivity index is 1.57. The molecule has 17 heavy (non-hydrogen) atoms. The summed E-state index contributed by atoms with van der Waals surface area (Å²) in [6.07, 6.45) is 11.4. The molecule has 1 N–H and O–H groups in total. The van der Waals surface area contributed by atoms with Gasteiger partial charge in [-0.3, -0.25) is 0 Å². The van der Waals surface area contributed by atoms with Crippen LogP contribution < -0.4 is 0 Å². The quantitative estimate of drug-likeness (QED) is 0.585. The van der Waals surface area contributed by atoms with E-state index in [0.717, 1.165) is 48.3 Å². The lowest BCUT2D eigenvalue weighted by molar-refractivity contribution is 0.0286. The van der Waals surface area contributed by atoms with Gasteiger partial charge in [0.1, 0.15) is 0 Å². The average molecular weight is 232 g/mol. The molecule has 0 aromatic rings. The number of aliphatic hydroxyl groups excluding tert-OH is 1. The van der Waals surface area contributed by atoms with Crippen molar-refractivity contribution in [3.63, 3.8) is 0 Å². The molecule has 8 atom stereocenters. The zero-order chi connectivity index (χ0) is 11.6. The molecule has 0 saturated heterocycles. The third-order valence-corrected chi connectivity index (χ3v) is 6.40. The van der Waals surface area contributed by atoms with E-state index in [1.807, 2.05) is 0 Å². The maximum Gasteiger partial charge on any atom is 0.0571 e. The Morgan fingerprint density at radius 1 is 1.12 bits per heavy atom. The second-order valence-electron chi connectivity index (χ2n) is 7.02. The summed E-state index contributed by atoms with van der Waals surface area (Å²) in [5.74, 6) is 6.25. The van der Waals surface area contributed by atoms with E-state index in [-0.39, 0.29) is 6.10 Å². The fourth-order valence-electron chi connectivity index (χ4n) is 6.02. The van der Waals surface area contributed by atoms with Crippen LogP contribution in [0.1, 0.15) is 39.0 Å². The molecule has 94 valence electrons. The molecule has 0 amide bonds. The van der Waals surface area contributed by atoms with Crippen molar-refractivity contribution < 1.29 is 5.11 Å². The van der Waals surface area contributed by atoms with Crippen molar-refractivity contribution in [2.75, 3.05) is 0 Å². The third-order valence-electron chi connectivity index (χ3n) is 6.40. The van der Waals surface area contributed by atoms with Gasteiger partial charge in [-0.1, -0.05) is 25.5 Å². The van der Waals surface area contributed by atoms with Crippen molar-refractivity contribution in [3.8, 4) is 0 Å². The van der Waals surface area contributed by atoms with Crippen LogP contribution in [-0.4, -0.2) is 11.2 Å². The van der Waals surface area contributed by atoms with Crippen molar-refractivity contribution in [3.05, 3.63) is 12.2 Å². The second-order valence-corrected chi connectivity index (χ2v) is 7.02. The molecule has 0 spiro atoms. The number of rotatable bonds is 3. The molecule has 4 aliphatic carbocycles. The highest BCUT2D eigenvalue weighted by Gasteiger charge is 2.61. The first-order valence-electron chi connectivity index (χ1n) is 7.66. The molecule has 3 fully saturated rings. The molecule has 4 bridgehead atoms. The number of hydrogen-bond acceptors (Lipinski definition) is 1. The number of aliphatic hydroxyl groups is 1. The smallest absolute Gasteiger partial charge is 0.0571 e. The van der Waals surface area contributed by atoms with Crippen molar-refractivity contribution in [1.82, 2.24) is 0 Å². The molecule has 4 rings (SSSR count). The van der Waals surface area contributed by atoms with Gasteiger partial charge in [-0.05, 0) is 67.1 Å². The van der Waals surface area contributed by atoms with Gasteiger partial charge in [0.15, 0.2) is 0 Å². The maximum atomic E-state index is 10.3. The van der Waals surface area contributed by atoms with Gasteiger partial charge in [-0.25, -0.2) is 0 Å². The molecule has 0 heterocycles. The summed E-state index contributed by atoms with van der Waals surface area (Å²) in [6, 6.07) is 0. The van der Waals surface area contributed by atoms with Gasteiger partial charge >= 0.3 is 0 Å². The molecule has 3 saturated carbocycles. The second kappa shape index (κ2) is 3.60. The minimum absolute atomic E-state index is 0.000874. The van der Waals surface area contributed by atoms with E-state index in [0.29, 0.717) is 5.92 Å². The van der Waals surface area contributed by atoms with E-state index >= 15 is 0 Å². The van der Waals surface area contributed by atoms with Crippen molar-refractivity contribution in [1.29, 1.82) is 0 Å². The molecule has 0 aromatic heterocycles. The van der Waals surface area contributed by atoms with Crippen LogP contribution in [0, 0.1) is 41.4 Å². The summed E-state index contributed by atoms with van der Waals surface area (Å²) in [4.78, 5) is 0. The van der Waals surface area contributed by atoms with Crippen LogP contribution in [0.15, 0.2) is 12.2 Å². The SMILES string of the molecule is CCCC(O)C1CC2CC1C1C3C=CC(C3)C21. The molecule has 0 aliphatic heterocycles. The molecular formula is C16H24O. The molecule has 0 aromatic carbocycles. The van der Waals surface area contributed by atoms with Gasteiger partial charge < -0.3 is 5.11 Å². The molecule has 1 heteroatoms. The lowest BCUT2D eigenvalue weighted by atomic mass is 9.68. The number of allylic oxidation sites excluding steroid dienone is 2. The Morgan fingerprint density at radius 3 is 2.65 bits per heavy atom. The van der Waals surface area contributed by atoms with E-state index in [1.165, 1.54) is 19.3 Å². The fourth-order valence-corrected chi connectivity index (χ4v) is 6.02. The molecule has 1 nitrogen and oxygen atoms in total. The summed E-state index contributed by atoms with van der Waals surface area (Å²) in [5.41, 5.74) is 0. The first-order valence-corrected chi connectivity index (χ1v) is 7.66. The predicted octanol–water partition coefficient (Wildman–Crippen LogP) is 3.24. The summed E-state index contributed by atoms with van der Waals surface area (Å²) < 4.78 is 0. The van der Waals surface area contributed by atoms with Gasteiger partial charge in [-0.15, -0.1) is 0 Å². The third kappa shape index (κ3) is 1.30. The lowest BCUT2D eigenvalue weighted by Gasteiger charge is -2.38. The average Bonchev–Trinajstić information content (AvgIpc) is 3.07. The highest BCUT2D eigenvalue weighted by Crippen LogP contribution is 2.67. The normalized spacial score (nSPS) is 55.5. The van der Waals surface area contributed by atoms with E-state index < -0.39 is 0 Å². The monoisotopic (exact) mass is 232 g/mol. The fraction of sp³-hybridized carbons (Fsp3) is 0.875. The van der Waals surface area contributed by atoms with Crippen LogP contribution in [0.3, 0.4) is 0 Å². The number of hydrogen-bond donors (Lipinski definition) is 1. The Bertz CT molecular complexity index is 347. The Hall–Kier alpha value is -0.300. The molecule has 0 radical (unpaired) electrons. The van der Waals surface area contributed by atoms with Gasteiger partial charge in [0.05, 0.1) is 6.10 Å². The van der Waals surface area contributed by atoms with E-state index in [9.17, 15) is 5.11 Å². The van der Waals surface area contributed by atoms with Crippen LogP contribution in [0.4, 0.5) is 0 Å². The first-order chi connectivity index (χ1) is 8.29. The maximum absolute atomic E-state index is 10.3. The van der Waals surface area contributed by atoms with Gasteiger partial charge in [-0.2, -0.15) is 0 Å². The number of fused-ring (bicyclic) bond motifs is 9. The highest BCUT2D eigenvalue weighted by molar-refractivity contribution is 5.20. The van der Waals surface area contributed by atoms with Crippen LogP contribution in [0.25, 0.3) is 0 Å². The van der Waals surface area contributed by atoms with Crippen molar-refractivity contribution in [2.45, 2.75) is 45.1 Å². The predicted molar refractivity (Wildman–Crippen MR) is 68.3 cm³/mol.